The SMILES string of the molecule is CC(C)CN=C(NCC1CCS(=O)(=O)C1)NC1CCCCC1. The van der Waals surface area contributed by atoms with E-state index in [-0.39, 0.29) is 5.92 Å². The highest BCUT2D eigenvalue weighted by Gasteiger charge is 2.28. The highest BCUT2D eigenvalue weighted by molar-refractivity contribution is 7.91. The Hall–Kier alpha value is -0.780. The normalized spacial score (nSPS) is 26.3. The monoisotopic (exact) mass is 329 g/mol. The molecule has 1 saturated carbocycles. The summed E-state index contributed by atoms with van der Waals surface area (Å²) < 4.78 is 23.1. The fourth-order valence-electron chi connectivity index (χ4n) is 3.14. The standard InChI is InChI=1S/C16H31N3O2S/c1-13(2)10-17-16(19-15-6-4-3-5-7-15)18-11-14-8-9-22(20,21)12-14/h13-15H,3-12H2,1-2H3,(H2,17,18,19). The molecule has 0 spiro atoms. The molecule has 6 heteroatoms. The molecule has 0 bridgehead atoms. The maximum absolute atomic E-state index is 11.5. The third-order valence-corrected chi connectivity index (χ3v) is 6.28. The predicted octanol–water partition coefficient (Wildman–Crippen LogP) is 1.94. The first-order chi connectivity index (χ1) is 10.4. The summed E-state index contributed by atoms with van der Waals surface area (Å²) in [6.07, 6.45) is 7.10. The maximum Gasteiger partial charge on any atom is 0.191 e. The zero-order chi connectivity index (χ0) is 16.0. The van der Waals surface area contributed by atoms with E-state index >= 15 is 0 Å². The first-order valence-electron chi connectivity index (χ1n) is 8.70. The van der Waals surface area contributed by atoms with Crippen LogP contribution >= 0.6 is 0 Å². The Bertz CT molecular complexity index is 468. The Morgan fingerprint density at radius 1 is 1.18 bits per heavy atom. The first-order valence-corrected chi connectivity index (χ1v) is 10.5. The third-order valence-electron chi connectivity index (χ3n) is 4.45. The number of sulfone groups is 1. The van der Waals surface area contributed by atoms with Gasteiger partial charge in [0.15, 0.2) is 15.8 Å². The summed E-state index contributed by atoms with van der Waals surface area (Å²) in [4.78, 5) is 4.66. The van der Waals surface area contributed by atoms with Crippen molar-refractivity contribution in [3.8, 4) is 0 Å². The van der Waals surface area contributed by atoms with Gasteiger partial charge in [-0.3, -0.25) is 4.99 Å². The lowest BCUT2D eigenvalue weighted by atomic mass is 9.96. The summed E-state index contributed by atoms with van der Waals surface area (Å²) in [6.45, 7) is 5.82. The highest BCUT2D eigenvalue weighted by Crippen LogP contribution is 2.18. The molecular formula is C16H31N3O2S. The number of nitrogens with one attached hydrogen (secondary N) is 2. The van der Waals surface area contributed by atoms with E-state index in [0.29, 0.717) is 30.0 Å². The molecule has 1 aliphatic heterocycles. The van der Waals surface area contributed by atoms with Crippen LogP contribution in [-0.4, -0.2) is 45.0 Å². The smallest absolute Gasteiger partial charge is 0.191 e. The summed E-state index contributed by atoms with van der Waals surface area (Å²) in [7, 11) is -2.80. The lowest BCUT2D eigenvalue weighted by molar-refractivity contribution is 0.408. The third kappa shape index (κ3) is 6.15. The lowest BCUT2D eigenvalue weighted by Crippen LogP contribution is -2.46. The van der Waals surface area contributed by atoms with Crippen molar-refractivity contribution in [2.24, 2.45) is 16.8 Å². The van der Waals surface area contributed by atoms with Gasteiger partial charge in [0.25, 0.3) is 0 Å². The van der Waals surface area contributed by atoms with Gasteiger partial charge in [-0.1, -0.05) is 33.1 Å². The minimum atomic E-state index is -2.80. The van der Waals surface area contributed by atoms with Crippen molar-refractivity contribution in [3.05, 3.63) is 0 Å². The fourth-order valence-corrected chi connectivity index (χ4v) is 5.00. The Morgan fingerprint density at radius 2 is 1.91 bits per heavy atom. The van der Waals surface area contributed by atoms with E-state index in [2.05, 4.69) is 29.5 Å². The van der Waals surface area contributed by atoms with Crippen molar-refractivity contribution in [1.82, 2.24) is 10.6 Å². The summed E-state index contributed by atoms with van der Waals surface area (Å²) in [5.74, 6) is 2.28. The second kappa shape index (κ2) is 8.18. The zero-order valence-electron chi connectivity index (χ0n) is 14.0. The molecule has 1 aliphatic carbocycles. The summed E-state index contributed by atoms with van der Waals surface area (Å²) in [6, 6.07) is 0.513. The summed E-state index contributed by atoms with van der Waals surface area (Å²) >= 11 is 0. The Kier molecular flexibility index (Phi) is 6.53. The van der Waals surface area contributed by atoms with Gasteiger partial charge in [-0.2, -0.15) is 0 Å². The van der Waals surface area contributed by atoms with E-state index in [0.717, 1.165) is 18.9 Å². The van der Waals surface area contributed by atoms with Crippen LogP contribution in [0, 0.1) is 11.8 Å². The van der Waals surface area contributed by atoms with E-state index in [4.69, 9.17) is 0 Å². The second-order valence-electron chi connectivity index (χ2n) is 7.21. The van der Waals surface area contributed by atoms with Gasteiger partial charge in [-0.05, 0) is 31.1 Å². The van der Waals surface area contributed by atoms with Crippen LogP contribution in [-0.2, 0) is 9.84 Å². The lowest BCUT2D eigenvalue weighted by Gasteiger charge is -2.25. The molecule has 1 saturated heterocycles. The number of guanidine groups is 1. The average molecular weight is 330 g/mol. The van der Waals surface area contributed by atoms with Crippen LogP contribution in [0.5, 0.6) is 0 Å². The van der Waals surface area contributed by atoms with Crippen molar-refractivity contribution in [2.45, 2.75) is 58.4 Å². The zero-order valence-corrected chi connectivity index (χ0v) is 14.8. The molecule has 0 aromatic rings. The van der Waals surface area contributed by atoms with Gasteiger partial charge >= 0.3 is 0 Å². The van der Waals surface area contributed by atoms with Crippen molar-refractivity contribution < 1.29 is 8.42 Å². The van der Waals surface area contributed by atoms with E-state index in [1.165, 1.54) is 32.1 Å². The summed E-state index contributed by atoms with van der Waals surface area (Å²) in [5.41, 5.74) is 0. The van der Waals surface area contributed by atoms with Crippen LogP contribution in [0.25, 0.3) is 0 Å². The van der Waals surface area contributed by atoms with Crippen molar-refractivity contribution >= 4 is 15.8 Å². The second-order valence-corrected chi connectivity index (χ2v) is 9.44. The molecule has 2 aliphatic rings. The predicted molar refractivity (Wildman–Crippen MR) is 91.9 cm³/mol. The Balaban J connectivity index is 1.85. The van der Waals surface area contributed by atoms with Gasteiger partial charge in [0, 0.05) is 19.1 Å². The van der Waals surface area contributed by atoms with Gasteiger partial charge in [-0.15, -0.1) is 0 Å². The Labute approximate surface area is 135 Å². The van der Waals surface area contributed by atoms with Crippen LogP contribution in [0.2, 0.25) is 0 Å². The molecule has 2 rings (SSSR count). The highest BCUT2D eigenvalue weighted by atomic mass is 32.2. The molecule has 22 heavy (non-hydrogen) atoms. The quantitative estimate of drug-likeness (QED) is 0.597. The molecule has 1 heterocycles. The van der Waals surface area contributed by atoms with Crippen molar-refractivity contribution in [2.75, 3.05) is 24.6 Å². The molecule has 5 nitrogen and oxygen atoms in total. The van der Waals surface area contributed by atoms with Crippen molar-refractivity contribution in [1.29, 1.82) is 0 Å². The molecule has 1 atom stereocenters. The largest absolute Gasteiger partial charge is 0.356 e. The number of hydrogen-bond donors (Lipinski definition) is 2. The molecule has 0 aromatic carbocycles. The average Bonchev–Trinajstić information content (AvgIpc) is 2.82. The molecule has 2 fully saturated rings. The van der Waals surface area contributed by atoms with Gasteiger partial charge < -0.3 is 10.6 Å². The Morgan fingerprint density at radius 3 is 2.50 bits per heavy atom. The van der Waals surface area contributed by atoms with Gasteiger partial charge in [0.2, 0.25) is 0 Å². The number of aliphatic imine (C=N–C) groups is 1. The minimum absolute atomic E-state index is 0.224. The number of hydrogen-bond acceptors (Lipinski definition) is 3. The topological polar surface area (TPSA) is 70.6 Å². The van der Waals surface area contributed by atoms with Crippen molar-refractivity contribution in [3.63, 3.8) is 0 Å². The van der Waals surface area contributed by atoms with Crippen LogP contribution in [0.3, 0.4) is 0 Å². The van der Waals surface area contributed by atoms with Gasteiger partial charge in [-0.25, -0.2) is 8.42 Å². The van der Waals surface area contributed by atoms with E-state index in [1.54, 1.807) is 0 Å². The van der Waals surface area contributed by atoms with E-state index < -0.39 is 9.84 Å². The number of rotatable bonds is 5. The van der Waals surface area contributed by atoms with Gasteiger partial charge in [0.1, 0.15) is 0 Å². The maximum atomic E-state index is 11.5. The van der Waals surface area contributed by atoms with E-state index in [9.17, 15) is 8.42 Å². The van der Waals surface area contributed by atoms with Gasteiger partial charge in [0.05, 0.1) is 11.5 Å². The van der Waals surface area contributed by atoms with Crippen LogP contribution < -0.4 is 10.6 Å². The van der Waals surface area contributed by atoms with Crippen LogP contribution in [0.15, 0.2) is 4.99 Å². The molecule has 128 valence electrons. The minimum Gasteiger partial charge on any atom is -0.356 e. The molecule has 0 radical (unpaired) electrons. The van der Waals surface area contributed by atoms with Crippen LogP contribution in [0.1, 0.15) is 52.4 Å². The fraction of sp³-hybridized carbons (Fsp3) is 0.938. The van der Waals surface area contributed by atoms with E-state index in [1.807, 2.05) is 0 Å². The number of nitrogens with zero attached hydrogens (tertiary/aromatic N) is 1. The molecule has 1 unspecified atom stereocenters. The summed E-state index contributed by atoms with van der Waals surface area (Å²) in [5, 5.41) is 6.92. The molecule has 0 amide bonds. The molecule has 0 aromatic heterocycles. The first kappa shape index (κ1) is 17.6. The molecule has 2 N–H and O–H groups in total. The molecular weight excluding hydrogens is 298 g/mol. The van der Waals surface area contributed by atoms with Crippen LogP contribution in [0.4, 0.5) is 0 Å².